The Morgan fingerprint density at radius 3 is 2.71 bits per heavy atom. The van der Waals surface area contributed by atoms with E-state index in [2.05, 4.69) is 28.9 Å². The molecule has 1 atom stereocenters. The van der Waals surface area contributed by atoms with Gasteiger partial charge in [-0.15, -0.1) is 0 Å². The first-order valence-electron chi connectivity index (χ1n) is 7.62. The van der Waals surface area contributed by atoms with E-state index in [4.69, 9.17) is 10.5 Å². The van der Waals surface area contributed by atoms with Crippen molar-refractivity contribution in [3.8, 4) is 5.75 Å². The van der Waals surface area contributed by atoms with Crippen LogP contribution in [-0.4, -0.2) is 31.2 Å². The third-order valence-corrected chi connectivity index (χ3v) is 4.53. The van der Waals surface area contributed by atoms with Crippen LogP contribution in [0.1, 0.15) is 19.8 Å². The van der Waals surface area contributed by atoms with Crippen LogP contribution < -0.4 is 15.4 Å². The largest absolute Gasteiger partial charge is 0.497 e. The minimum absolute atomic E-state index is 0.289. The van der Waals surface area contributed by atoms with Crippen molar-refractivity contribution in [2.45, 2.75) is 25.8 Å². The number of pyridine rings is 1. The Balaban J connectivity index is 1.87. The van der Waals surface area contributed by atoms with Gasteiger partial charge in [0.25, 0.3) is 0 Å². The quantitative estimate of drug-likeness (QED) is 0.942. The number of fused-ring (bicyclic) bond motifs is 1. The van der Waals surface area contributed by atoms with Crippen LogP contribution in [0.5, 0.6) is 5.75 Å². The molecule has 1 aromatic carbocycles. The lowest BCUT2D eigenvalue weighted by atomic mass is 9.91. The highest BCUT2D eigenvalue weighted by Gasteiger charge is 2.23. The van der Waals surface area contributed by atoms with Crippen molar-refractivity contribution in [3.05, 3.63) is 30.5 Å². The lowest BCUT2D eigenvalue weighted by Gasteiger charge is -2.35. The first kappa shape index (κ1) is 14.1. The molecule has 0 amide bonds. The van der Waals surface area contributed by atoms with Crippen molar-refractivity contribution in [3.63, 3.8) is 0 Å². The number of ether oxygens (including phenoxy) is 1. The van der Waals surface area contributed by atoms with Crippen LogP contribution in [-0.2, 0) is 0 Å². The monoisotopic (exact) mass is 285 g/mol. The Labute approximate surface area is 125 Å². The molecular formula is C17H23N3O. The summed E-state index contributed by atoms with van der Waals surface area (Å²) in [4.78, 5) is 6.99. The van der Waals surface area contributed by atoms with Gasteiger partial charge in [-0.2, -0.15) is 0 Å². The molecule has 0 saturated carbocycles. The molecule has 1 fully saturated rings. The molecule has 1 aliphatic heterocycles. The molecule has 1 aromatic heterocycles. The second-order valence-electron chi connectivity index (χ2n) is 5.91. The Morgan fingerprint density at radius 1 is 1.29 bits per heavy atom. The Morgan fingerprint density at radius 2 is 2.05 bits per heavy atom. The highest BCUT2D eigenvalue weighted by molar-refractivity contribution is 5.93. The zero-order chi connectivity index (χ0) is 14.8. The molecule has 0 radical (unpaired) electrons. The second-order valence-corrected chi connectivity index (χ2v) is 5.91. The van der Waals surface area contributed by atoms with Crippen molar-refractivity contribution in [1.29, 1.82) is 0 Å². The fraction of sp³-hybridized carbons (Fsp3) is 0.471. The molecule has 1 saturated heterocycles. The molecule has 2 heterocycles. The molecule has 21 heavy (non-hydrogen) atoms. The molecule has 2 aromatic rings. The summed E-state index contributed by atoms with van der Waals surface area (Å²) in [5.74, 6) is 2.60. The fourth-order valence-corrected chi connectivity index (χ4v) is 3.16. The number of anilines is 1. The first-order chi connectivity index (χ1) is 10.2. The van der Waals surface area contributed by atoms with Crippen molar-refractivity contribution in [2.24, 2.45) is 11.7 Å². The normalized spacial score (nSPS) is 18.0. The smallest absolute Gasteiger partial charge is 0.136 e. The topological polar surface area (TPSA) is 51.4 Å². The third-order valence-electron chi connectivity index (χ3n) is 4.53. The van der Waals surface area contributed by atoms with Gasteiger partial charge in [0.15, 0.2) is 0 Å². The molecule has 2 N–H and O–H groups in total. The average Bonchev–Trinajstić information content (AvgIpc) is 2.53. The molecule has 4 nitrogen and oxygen atoms in total. The molecule has 0 bridgehead atoms. The van der Waals surface area contributed by atoms with Crippen LogP contribution in [0.2, 0.25) is 0 Å². The third kappa shape index (κ3) is 2.81. The molecule has 0 aliphatic carbocycles. The van der Waals surface area contributed by atoms with E-state index in [1.807, 2.05) is 18.3 Å². The maximum atomic E-state index is 6.03. The van der Waals surface area contributed by atoms with Crippen molar-refractivity contribution in [1.82, 2.24) is 4.98 Å². The zero-order valence-corrected chi connectivity index (χ0v) is 12.7. The highest BCUT2D eigenvalue weighted by Crippen LogP contribution is 2.30. The molecule has 3 rings (SSSR count). The second kappa shape index (κ2) is 5.90. The van der Waals surface area contributed by atoms with Crippen LogP contribution in [0, 0.1) is 5.92 Å². The van der Waals surface area contributed by atoms with Gasteiger partial charge in [0.2, 0.25) is 0 Å². The summed E-state index contributed by atoms with van der Waals surface area (Å²) in [6.45, 7) is 4.18. The average molecular weight is 285 g/mol. The lowest BCUT2D eigenvalue weighted by Crippen LogP contribution is -2.40. The Bertz CT molecular complexity index is 618. The predicted octanol–water partition coefficient (Wildman–Crippen LogP) is 2.81. The van der Waals surface area contributed by atoms with E-state index in [0.717, 1.165) is 37.5 Å². The van der Waals surface area contributed by atoms with Crippen molar-refractivity contribution >= 4 is 16.6 Å². The highest BCUT2D eigenvalue weighted by atomic mass is 16.5. The van der Waals surface area contributed by atoms with Crippen LogP contribution in [0.4, 0.5) is 5.82 Å². The van der Waals surface area contributed by atoms with Gasteiger partial charge < -0.3 is 15.4 Å². The minimum Gasteiger partial charge on any atom is -0.497 e. The number of hydrogen-bond donors (Lipinski definition) is 1. The number of methoxy groups -OCH3 is 1. The molecule has 112 valence electrons. The summed E-state index contributed by atoms with van der Waals surface area (Å²) < 4.78 is 5.30. The number of nitrogens with zero attached hydrogens (tertiary/aromatic N) is 2. The maximum Gasteiger partial charge on any atom is 0.136 e. The van der Waals surface area contributed by atoms with E-state index < -0.39 is 0 Å². The summed E-state index contributed by atoms with van der Waals surface area (Å²) in [5.41, 5.74) is 6.03. The van der Waals surface area contributed by atoms with Crippen LogP contribution in [0.25, 0.3) is 10.8 Å². The van der Waals surface area contributed by atoms with Crippen LogP contribution in [0.15, 0.2) is 30.5 Å². The number of piperidine rings is 1. The lowest BCUT2D eigenvalue weighted by molar-refractivity contribution is 0.354. The van der Waals surface area contributed by atoms with Gasteiger partial charge in [0.1, 0.15) is 11.6 Å². The number of hydrogen-bond acceptors (Lipinski definition) is 4. The number of rotatable bonds is 3. The molecule has 1 unspecified atom stereocenters. The van der Waals surface area contributed by atoms with Crippen LogP contribution >= 0.6 is 0 Å². The Hall–Kier alpha value is -1.81. The van der Waals surface area contributed by atoms with Gasteiger partial charge >= 0.3 is 0 Å². The summed E-state index contributed by atoms with van der Waals surface area (Å²) in [7, 11) is 1.70. The maximum absolute atomic E-state index is 6.03. The van der Waals surface area contributed by atoms with Gasteiger partial charge in [-0.1, -0.05) is 0 Å². The van der Waals surface area contributed by atoms with E-state index in [1.165, 1.54) is 10.8 Å². The molecular weight excluding hydrogens is 262 g/mol. The van der Waals surface area contributed by atoms with Gasteiger partial charge in [-0.25, -0.2) is 4.98 Å². The van der Waals surface area contributed by atoms with E-state index in [-0.39, 0.29) is 6.04 Å². The zero-order valence-electron chi connectivity index (χ0n) is 12.7. The van der Waals surface area contributed by atoms with Gasteiger partial charge in [-0.05, 0) is 55.3 Å². The van der Waals surface area contributed by atoms with Gasteiger partial charge in [0, 0.05) is 30.7 Å². The van der Waals surface area contributed by atoms with Crippen molar-refractivity contribution in [2.75, 3.05) is 25.1 Å². The van der Waals surface area contributed by atoms with Crippen LogP contribution in [0.3, 0.4) is 0 Å². The summed E-state index contributed by atoms with van der Waals surface area (Å²) in [6.07, 6.45) is 4.17. The van der Waals surface area contributed by atoms with E-state index in [9.17, 15) is 0 Å². The molecule has 4 heteroatoms. The van der Waals surface area contributed by atoms with E-state index in [1.54, 1.807) is 7.11 Å². The SMILES string of the molecule is COc1ccc2c(N3CCC(C(C)N)CC3)nccc2c1. The van der Waals surface area contributed by atoms with E-state index >= 15 is 0 Å². The fourth-order valence-electron chi connectivity index (χ4n) is 3.16. The summed E-state index contributed by atoms with van der Waals surface area (Å²) in [6, 6.07) is 8.50. The molecule has 1 aliphatic rings. The molecule has 0 spiro atoms. The van der Waals surface area contributed by atoms with Crippen molar-refractivity contribution < 1.29 is 4.74 Å². The first-order valence-corrected chi connectivity index (χ1v) is 7.62. The summed E-state index contributed by atoms with van der Waals surface area (Å²) in [5, 5.41) is 2.37. The minimum atomic E-state index is 0.289. The van der Waals surface area contributed by atoms with E-state index in [0.29, 0.717) is 5.92 Å². The standard InChI is InChI=1S/C17H23N3O/c1-12(18)13-6-9-20(10-7-13)17-16-4-3-15(21-2)11-14(16)5-8-19-17/h3-5,8,11-13H,6-7,9-10,18H2,1-2H3. The van der Waals surface area contributed by atoms with Gasteiger partial charge in [0.05, 0.1) is 7.11 Å². The predicted molar refractivity (Wildman–Crippen MR) is 86.9 cm³/mol. The summed E-state index contributed by atoms with van der Waals surface area (Å²) >= 11 is 0. The number of nitrogens with two attached hydrogens (primary N) is 1. The Kier molecular flexibility index (Phi) is 3.97. The number of benzene rings is 1. The van der Waals surface area contributed by atoms with Gasteiger partial charge in [-0.3, -0.25) is 0 Å². The number of aromatic nitrogens is 1.